The van der Waals surface area contributed by atoms with Crippen LogP contribution in [0, 0.1) is 6.92 Å². The number of likely N-dealkylation sites (N-methyl/N-ethyl adjacent to an activating group) is 1. The number of rotatable bonds is 6. The van der Waals surface area contributed by atoms with Gasteiger partial charge in [-0.1, -0.05) is 18.2 Å². The van der Waals surface area contributed by atoms with E-state index in [9.17, 15) is 14.7 Å². The molecule has 2 N–H and O–H groups in total. The molecule has 0 saturated carbocycles. The summed E-state index contributed by atoms with van der Waals surface area (Å²) in [7, 11) is 1.63. The van der Waals surface area contributed by atoms with Crippen molar-refractivity contribution in [1.82, 2.24) is 4.90 Å². The lowest BCUT2D eigenvalue weighted by Crippen LogP contribution is -2.23. The Kier molecular flexibility index (Phi) is 6.23. The van der Waals surface area contributed by atoms with Gasteiger partial charge in [-0.25, -0.2) is 4.99 Å². The number of carboxylic acid groups (broad SMARTS) is 1. The van der Waals surface area contributed by atoms with Crippen LogP contribution in [0.3, 0.4) is 0 Å². The number of ether oxygens (including phenoxy) is 1. The van der Waals surface area contributed by atoms with Crippen LogP contribution in [0.2, 0.25) is 0 Å². The van der Waals surface area contributed by atoms with Gasteiger partial charge in [0.05, 0.1) is 17.9 Å². The lowest BCUT2D eigenvalue weighted by molar-refractivity contribution is -0.137. The highest BCUT2D eigenvalue weighted by Gasteiger charge is 2.30. The highest BCUT2D eigenvalue weighted by molar-refractivity contribution is 8.18. The number of benzene rings is 2. The molecule has 1 aliphatic rings. The second-order valence-corrected chi connectivity index (χ2v) is 7.44. The quantitative estimate of drug-likeness (QED) is 0.701. The van der Waals surface area contributed by atoms with E-state index in [0.29, 0.717) is 21.5 Å². The number of aryl methyl sites for hydroxylation is 1. The Bertz CT molecular complexity index is 1020. The van der Waals surface area contributed by atoms with Crippen LogP contribution in [0.25, 0.3) is 6.08 Å². The zero-order valence-electron chi connectivity index (χ0n) is 16.0. The first kappa shape index (κ1) is 20.5. The van der Waals surface area contributed by atoms with Crippen molar-refractivity contribution in [2.45, 2.75) is 13.3 Å². The Hall–Kier alpha value is -3.26. The molecule has 1 saturated heterocycles. The third-order valence-corrected chi connectivity index (χ3v) is 5.15. The standard InChI is InChI=1S/C21H20N2O5S/c1-13-6-7-16(17(24)10-13)22-21-23(2)20(27)18(29-21)12-14-4-3-5-15(11-14)28-9-8-19(25)26/h3-7,10-12,24H,8-9H2,1-2H3,(H,25,26)/b18-12-,22-21?. The molecule has 0 aromatic heterocycles. The molecule has 8 heteroatoms. The zero-order chi connectivity index (χ0) is 21.0. The van der Waals surface area contributed by atoms with Crippen molar-refractivity contribution in [3.8, 4) is 11.5 Å². The number of hydrogen-bond acceptors (Lipinski definition) is 6. The van der Waals surface area contributed by atoms with Gasteiger partial charge in [0, 0.05) is 7.05 Å². The molecule has 0 spiro atoms. The van der Waals surface area contributed by atoms with Crippen molar-refractivity contribution in [3.63, 3.8) is 0 Å². The van der Waals surface area contributed by atoms with Crippen molar-refractivity contribution in [3.05, 3.63) is 58.5 Å². The van der Waals surface area contributed by atoms with E-state index in [0.717, 1.165) is 11.1 Å². The number of amidine groups is 1. The summed E-state index contributed by atoms with van der Waals surface area (Å²) < 4.78 is 5.43. The molecule has 2 aromatic rings. The average molecular weight is 412 g/mol. The summed E-state index contributed by atoms with van der Waals surface area (Å²) in [4.78, 5) is 29.5. The SMILES string of the molecule is Cc1ccc(N=C2S/C(=C\c3cccc(OCCC(=O)O)c3)C(=O)N2C)c(O)c1. The number of aliphatic imine (C=N–C) groups is 1. The normalized spacial score (nSPS) is 16.6. The number of aromatic hydroxyl groups is 1. The topological polar surface area (TPSA) is 99.4 Å². The smallest absolute Gasteiger partial charge is 0.306 e. The fourth-order valence-electron chi connectivity index (χ4n) is 2.58. The van der Waals surface area contributed by atoms with Crippen LogP contribution in [-0.4, -0.2) is 45.8 Å². The molecule has 1 fully saturated rings. The van der Waals surface area contributed by atoms with E-state index in [1.54, 1.807) is 43.5 Å². The Morgan fingerprint density at radius 2 is 2.07 bits per heavy atom. The van der Waals surface area contributed by atoms with Gasteiger partial charge >= 0.3 is 5.97 Å². The van der Waals surface area contributed by atoms with Gasteiger partial charge in [-0.2, -0.15) is 0 Å². The van der Waals surface area contributed by atoms with Gasteiger partial charge in [-0.05, 0) is 60.2 Å². The first-order chi connectivity index (χ1) is 13.8. The number of thioether (sulfide) groups is 1. The molecule has 29 heavy (non-hydrogen) atoms. The first-order valence-electron chi connectivity index (χ1n) is 8.84. The molecule has 1 aliphatic heterocycles. The molecule has 150 valence electrons. The monoisotopic (exact) mass is 412 g/mol. The lowest BCUT2D eigenvalue weighted by Gasteiger charge is -2.08. The summed E-state index contributed by atoms with van der Waals surface area (Å²) in [5.74, 6) is -0.534. The van der Waals surface area contributed by atoms with Crippen molar-refractivity contribution >= 4 is 40.6 Å². The van der Waals surface area contributed by atoms with E-state index >= 15 is 0 Å². The number of carbonyl (C=O) groups excluding carboxylic acids is 1. The summed E-state index contributed by atoms with van der Waals surface area (Å²) in [5.41, 5.74) is 2.07. The molecule has 2 aromatic carbocycles. The van der Waals surface area contributed by atoms with Gasteiger partial charge in [-0.3, -0.25) is 14.5 Å². The fraction of sp³-hybridized carbons (Fsp3) is 0.190. The van der Waals surface area contributed by atoms with E-state index < -0.39 is 5.97 Å². The van der Waals surface area contributed by atoms with Gasteiger partial charge in [0.1, 0.15) is 17.2 Å². The number of carboxylic acids is 1. The number of aliphatic carboxylic acids is 1. The Balaban J connectivity index is 1.79. The number of nitrogens with zero attached hydrogens (tertiary/aromatic N) is 2. The van der Waals surface area contributed by atoms with Crippen LogP contribution in [0.15, 0.2) is 52.4 Å². The molecule has 0 aliphatic carbocycles. The van der Waals surface area contributed by atoms with Crippen molar-refractivity contribution in [2.75, 3.05) is 13.7 Å². The highest BCUT2D eigenvalue weighted by atomic mass is 32.2. The maximum Gasteiger partial charge on any atom is 0.306 e. The molecule has 3 rings (SSSR count). The van der Waals surface area contributed by atoms with Crippen LogP contribution in [-0.2, 0) is 9.59 Å². The summed E-state index contributed by atoms with van der Waals surface area (Å²) >= 11 is 1.21. The van der Waals surface area contributed by atoms with Gasteiger partial charge in [0.25, 0.3) is 5.91 Å². The zero-order valence-corrected chi connectivity index (χ0v) is 16.8. The third kappa shape index (κ3) is 5.17. The summed E-state index contributed by atoms with van der Waals surface area (Å²) in [6, 6.07) is 12.2. The third-order valence-electron chi connectivity index (χ3n) is 4.09. The van der Waals surface area contributed by atoms with E-state index in [2.05, 4.69) is 4.99 Å². The second kappa shape index (κ2) is 8.83. The summed E-state index contributed by atoms with van der Waals surface area (Å²) in [6.45, 7) is 1.94. The summed E-state index contributed by atoms with van der Waals surface area (Å²) in [6.07, 6.45) is 1.64. The van der Waals surface area contributed by atoms with Crippen LogP contribution < -0.4 is 4.74 Å². The molecule has 0 atom stereocenters. The van der Waals surface area contributed by atoms with Crippen molar-refractivity contribution < 1.29 is 24.5 Å². The van der Waals surface area contributed by atoms with Gasteiger partial charge in [-0.15, -0.1) is 0 Å². The number of carbonyl (C=O) groups is 2. The Labute approximate surface area is 172 Å². The minimum Gasteiger partial charge on any atom is -0.506 e. The minimum atomic E-state index is -0.925. The Morgan fingerprint density at radius 3 is 2.79 bits per heavy atom. The molecule has 0 bridgehead atoms. The molecular formula is C21H20N2O5S. The van der Waals surface area contributed by atoms with Gasteiger partial charge < -0.3 is 14.9 Å². The summed E-state index contributed by atoms with van der Waals surface area (Å²) in [5, 5.41) is 19.2. The van der Waals surface area contributed by atoms with Gasteiger partial charge in [0.15, 0.2) is 5.17 Å². The first-order valence-corrected chi connectivity index (χ1v) is 9.65. The largest absolute Gasteiger partial charge is 0.506 e. The molecule has 1 amide bonds. The lowest BCUT2D eigenvalue weighted by atomic mass is 10.2. The van der Waals surface area contributed by atoms with E-state index in [-0.39, 0.29) is 24.7 Å². The molecule has 0 unspecified atom stereocenters. The van der Waals surface area contributed by atoms with E-state index in [1.807, 2.05) is 19.1 Å². The number of hydrogen-bond donors (Lipinski definition) is 2. The number of amides is 1. The van der Waals surface area contributed by atoms with Crippen LogP contribution in [0.4, 0.5) is 5.69 Å². The molecular weight excluding hydrogens is 392 g/mol. The van der Waals surface area contributed by atoms with Crippen molar-refractivity contribution in [2.24, 2.45) is 4.99 Å². The van der Waals surface area contributed by atoms with Crippen LogP contribution in [0.5, 0.6) is 11.5 Å². The maximum atomic E-state index is 12.6. The van der Waals surface area contributed by atoms with Crippen LogP contribution >= 0.6 is 11.8 Å². The minimum absolute atomic E-state index is 0.0580. The predicted octanol–water partition coefficient (Wildman–Crippen LogP) is 3.79. The molecule has 0 radical (unpaired) electrons. The van der Waals surface area contributed by atoms with E-state index in [1.165, 1.54) is 16.7 Å². The Morgan fingerprint density at radius 1 is 1.28 bits per heavy atom. The number of phenolic OH excluding ortho intramolecular Hbond substituents is 1. The highest BCUT2D eigenvalue weighted by Crippen LogP contribution is 2.35. The molecule has 1 heterocycles. The fourth-order valence-corrected chi connectivity index (χ4v) is 3.56. The number of phenols is 1. The van der Waals surface area contributed by atoms with Gasteiger partial charge in [0.2, 0.25) is 0 Å². The average Bonchev–Trinajstić information content (AvgIpc) is 2.92. The van der Waals surface area contributed by atoms with E-state index in [4.69, 9.17) is 9.84 Å². The van der Waals surface area contributed by atoms with Crippen LogP contribution in [0.1, 0.15) is 17.5 Å². The molecule has 7 nitrogen and oxygen atoms in total. The predicted molar refractivity (Wildman–Crippen MR) is 112 cm³/mol. The van der Waals surface area contributed by atoms with Crippen molar-refractivity contribution in [1.29, 1.82) is 0 Å². The maximum absolute atomic E-state index is 12.6. The second-order valence-electron chi connectivity index (χ2n) is 6.43.